The predicted octanol–water partition coefficient (Wildman–Crippen LogP) is 3.95. The molecule has 2 N–H and O–H groups in total. The monoisotopic (exact) mass is 388 g/mol. The van der Waals surface area contributed by atoms with Crippen LogP contribution in [0.2, 0.25) is 0 Å². The largest absolute Gasteiger partial charge is 0.465 e. The Kier molecular flexibility index (Phi) is 6.23. The van der Waals surface area contributed by atoms with Crippen molar-refractivity contribution < 1.29 is 23.5 Å². The number of nitrogens with zero attached hydrogens (tertiary/aromatic N) is 1. The SMILES string of the molecule is O=C(CC1CCN(C(=O)O)CC1)NC(c1ccc(F)cc1)c1ccc(F)cc1. The van der Waals surface area contributed by atoms with E-state index in [0.717, 1.165) is 0 Å². The maximum absolute atomic E-state index is 13.3. The molecule has 1 heterocycles. The lowest BCUT2D eigenvalue weighted by molar-refractivity contribution is -0.122. The molecule has 0 spiro atoms. The number of rotatable bonds is 5. The maximum atomic E-state index is 13.3. The molecule has 28 heavy (non-hydrogen) atoms. The fraction of sp³-hybridized carbons (Fsp3) is 0.333. The number of piperidine rings is 1. The fourth-order valence-electron chi connectivity index (χ4n) is 3.48. The molecular formula is C21H22F2N2O3. The summed E-state index contributed by atoms with van der Waals surface area (Å²) in [4.78, 5) is 25.0. The van der Waals surface area contributed by atoms with E-state index >= 15 is 0 Å². The molecule has 2 amide bonds. The zero-order valence-electron chi connectivity index (χ0n) is 15.3. The van der Waals surface area contributed by atoms with Gasteiger partial charge in [0.1, 0.15) is 11.6 Å². The summed E-state index contributed by atoms with van der Waals surface area (Å²) in [7, 11) is 0. The summed E-state index contributed by atoms with van der Waals surface area (Å²) in [6, 6.07) is 11.1. The van der Waals surface area contributed by atoms with Gasteiger partial charge in [-0.15, -0.1) is 0 Å². The lowest BCUT2D eigenvalue weighted by Gasteiger charge is -2.30. The van der Waals surface area contributed by atoms with E-state index < -0.39 is 12.1 Å². The van der Waals surface area contributed by atoms with Crippen LogP contribution in [0.25, 0.3) is 0 Å². The number of nitrogens with one attached hydrogen (secondary N) is 1. The van der Waals surface area contributed by atoms with Crippen molar-refractivity contribution in [1.29, 1.82) is 0 Å². The van der Waals surface area contributed by atoms with Gasteiger partial charge in [0.15, 0.2) is 0 Å². The van der Waals surface area contributed by atoms with Crippen LogP contribution in [0.5, 0.6) is 0 Å². The third-order valence-corrected chi connectivity index (χ3v) is 5.07. The van der Waals surface area contributed by atoms with Crippen molar-refractivity contribution in [3.05, 3.63) is 71.3 Å². The summed E-state index contributed by atoms with van der Waals surface area (Å²) < 4.78 is 26.6. The van der Waals surface area contributed by atoms with Crippen molar-refractivity contribution in [2.45, 2.75) is 25.3 Å². The number of carbonyl (C=O) groups excluding carboxylic acids is 1. The van der Waals surface area contributed by atoms with Gasteiger partial charge in [-0.05, 0) is 54.2 Å². The summed E-state index contributed by atoms with van der Waals surface area (Å²) >= 11 is 0. The number of likely N-dealkylation sites (tertiary alicyclic amines) is 1. The van der Waals surface area contributed by atoms with Gasteiger partial charge in [-0.2, -0.15) is 0 Å². The van der Waals surface area contributed by atoms with Gasteiger partial charge >= 0.3 is 6.09 Å². The normalized spacial score (nSPS) is 14.9. The van der Waals surface area contributed by atoms with Crippen LogP contribution in [0.3, 0.4) is 0 Å². The highest BCUT2D eigenvalue weighted by Crippen LogP contribution is 2.25. The highest BCUT2D eigenvalue weighted by Gasteiger charge is 2.25. The average molecular weight is 388 g/mol. The highest BCUT2D eigenvalue weighted by molar-refractivity contribution is 5.77. The molecule has 0 aromatic heterocycles. The molecule has 2 aromatic carbocycles. The summed E-state index contributed by atoms with van der Waals surface area (Å²) in [5, 5.41) is 12.0. The van der Waals surface area contributed by atoms with Crippen LogP contribution < -0.4 is 5.32 Å². The lowest BCUT2D eigenvalue weighted by Crippen LogP contribution is -2.39. The molecule has 1 saturated heterocycles. The fourth-order valence-corrected chi connectivity index (χ4v) is 3.48. The first-order chi connectivity index (χ1) is 13.4. The second-order valence-corrected chi connectivity index (χ2v) is 7.02. The molecule has 1 aliphatic rings. The first-order valence-electron chi connectivity index (χ1n) is 9.20. The number of hydrogen-bond acceptors (Lipinski definition) is 2. The van der Waals surface area contributed by atoms with Crippen molar-refractivity contribution >= 4 is 12.0 Å². The lowest BCUT2D eigenvalue weighted by atomic mass is 9.92. The smallest absolute Gasteiger partial charge is 0.407 e. The van der Waals surface area contributed by atoms with Crippen molar-refractivity contribution in [2.24, 2.45) is 5.92 Å². The molecule has 0 aliphatic carbocycles. The van der Waals surface area contributed by atoms with E-state index in [9.17, 15) is 18.4 Å². The summed E-state index contributed by atoms with van der Waals surface area (Å²) in [5.41, 5.74) is 1.39. The second kappa shape index (κ2) is 8.82. The Morgan fingerprint density at radius 1 is 0.964 bits per heavy atom. The van der Waals surface area contributed by atoms with E-state index in [1.165, 1.54) is 29.2 Å². The Labute approximate surface area is 162 Å². The molecule has 3 rings (SSSR count). The van der Waals surface area contributed by atoms with E-state index in [-0.39, 0.29) is 29.9 Å². The zero-order valence-corrected chi connectivity index (χ0v) is 15.3. The number of hydrogen-bond donors (Lipinski definition) is 2. The molecule has 1 fully saturated rings. The third-order valence-electron chi connectivity index (χ3n) is 5.07. The number of carbonyl (C=O) groups is 2. The standard InChI is InChI=1S/C21H22F2N2O3/c22-17-5-1-15(2-6-17)20(16-3-7-18(23)8-4-16)24-19(26)13-14-9-11-25(12-10-14)21(27)28/h1-8,14,20H,9-13H2,(H,24,26)(H,27,28). The molecule has 2 aromatic rings. The third kappa shape index (κ3) is 5.06. The van der Waals surface area contributed by atoms with Gasteiger partial charge in [-0.3, -0.25) is 4.79 Å². The van der Waals surface area contributed by atoms with E-state index in [4.69, 9.17) is 5.11 Å². The Morgan fingerprint density at radius 3 is 1.86 bits per heavy atom. The zero-order chi connectivity index (χ0) is 20.1. The highest BCUT2D eigenvalue weighted by atomic mass is 19.1. The Hall–Kier alpha value is -2.96. The minimum Gasteiger partial charge on any atom is -0.465 e. The molecule has 0 unspecified atom stereocenters. The quantitative estimate of drug-likeness (QED) is 0.815. The van der Waals surface area contributed by atoms with Crippen LogP contribution in [0.4, 0.5) is 13.6 Å². The molecule has 0 radical (unpaired) electrons. The second-order valence-electron chi connectivity index (χ2n) is 7.02. The average Bonchev–Trinajstić information content (AvgIpc) is 2.68. The van der Waals surface area contributed by atoms with E-state index in [1.807, 2.05) is 0 Å². The van der Waals surface area contributed by atoms with Gasteiger partial charge in [0, 0.05) is 19.5 Å². The molecule has 0 atom stereocenters. The Bertz CT molecular complexity index is 771. The van der Waals surface area contributed by atoms with Crippen LogP contribution in [0, 0.1) is 17.6 Å². The first kappa shape index (κ1) is 19.8. The van der Waals surface area contributed by atoms with Crippen molar-refractivity contribution in [2.75, 3.05) is 13.1 Å². The van der Waals surface area contributed by atoms with Gasteiger partial charge in [0.05, 0.1) is 6.04 Å². The summed E-state index contributed by atoms with van der Waals surface area (Å²) in [5.74, 6) is -0.818. The molecule has 0 bridgehead atoms. The van der Waals surface area contributed by atoms with Crippen LogP contribution in [0.1, 0.15) is 36.4 Å². The number of benzene rings is 2. The first-order valence-corrected chi connectivity index (χ1v) is 9.20. The number of carboxylic acid groups (broad SMARTS) is 1. The summed E-state index contributed by atoms with van der Waals surface area (Å²) in [6.07, 6.45) is 0.622. The minimum absolute atomic E-state index is 0.109. The molecular weight excluding hydrogens is 366 g/mol. The maximum Gasteiger partial charge on any atom is 0.407 e. The predicted molar refractivity (Wildman–Crippen MR) is 99.7 cm³/mol. The molecule has 1 aliphatic heterocycles. The van der Waals surface area contributed by atoms with Gasteiger partial charge in [0.2, 0.25) is 5.91 Å². The van der Waals surface area contributed by atoms with Crippen LogP contribution in [0.15, 0.2) is 48.5 Å². The van der Waals surface area contributed by atoms with Crippen LogP contribution in [-0.4, -0.2) is 35.1 Å². The molecule has 7 heteroatoms. The number of amides is 2. The minimum atomic E-state index is -0.935. The molecule has 148 valence electrons. The number of halogens is 2. The van der Waals surface area contributed by atoms with Crippen molar-refractivity contribution in [1.82, 2.24) is 10.2 Å². The van der Waals surface area contributed by atoms with Gasteiger partial charge < -0.3 is 15.3 Å². The van der Waals surface area contributed by atoms with Gasteiger partial charge in [0.25, 0.3) is 0 Å². The van der Waals surface area contributed by atoms with Crippen molar-refractivity contribution in [3.63, 3.8) is 0 Å². The van der Waals surface area contributed by atoms with Crippen LogP contribution in [-0.2, 0) is 4.79 Å². The van der Waals surface area contributed by atoms with Gasteiger partial charge in [-0.1, -0.05) is 24.3 Å². The molecule has 5 nitrogen and oxygen atoms in total. The van der Waals surface area contributed by atoms with Gasteiger partial charge in [-0.25, -0.2) is 13.6 Å². The van der Waals surface area contributed by atoms with Crippen molar-refractivity contribution in [3.8, 4) is 0 Å². The summed E-state index contributed by atoms with van der Waals surface area (Å²) in [6.45, 7) is 0.846. The van der Waals surface area contributed by atoms with E-state index in [0.29, 0.717) is 37.1 Å². The van der Waals surface area contributed by atoms with E-state index in [1.54, 1.807) is 24.3 Å². The topological polar surface area (TPSA) is 69.6 Å². The Balaban J connectivity index is 1.69. The van der Waals surface area contributed by atoms with Crippen LogP contribution >= 0.6 is 0 Å². The van der Waals surface area contributed by atoms with E-state index in [2.05, 4.69) is 5.32 Å². The molecule has 0 saturated carbocycles. The Morgan fingerprint density at radius 2 is 1.43 bits per heavy atom.